The molecule has 1 rings (SSSR count). The Morgan fingerprint density at radius 2 is 2.18 bits per heavy atom. The summed E-state index contributed by atoms with van der Waals surface area (Å²) in [5, 5.41) is 3.12. The number of rotatable bonds is 2. The van der Waals surface area contributed by atoms with Crippen molar-refractivity contribution in [2.75, 3.05) is 0 Å². The molecular weight excluding hydrogens is 211 g/mol. The number of hydrogen-bond donors (Lipinski definition) is 1. The Balaban J connectivity index is 0.000001000. The monoisotopic (exact) mass is 223 g/mol. The Morgan fingerprint density at radius 1 is 1.55 bits per heavy atom. The maximum absolute atomic E-state index is 5.05. The third-order valence-electron chi connectivity index (χ3n) is 1.69. The number of nitrogens with zero attached hydrogens (tertiary/aromatic N) is 1. The van der Waals surface area contributed by atoms with Crippen LogP contribution in [0.5, 0.6) is 0 Å². The van der Waals surface area contributed by atoms with Gasteiger partial charge in [-0.25, -0.2) is 0 Å². The van der Waals surface area contributed by atoms with Crippen molar-refractivity contribution in [3.8, 4) is 0 Å². The molecule has 1 atom stereocenters. The van der Waals surface area contributed by atoms with Crippen LogP contribution in [0.25, 0.3) is 0 Å². The molecule has 0 radical (unpaired) electrons. The minimum absolute atomic E-state index is 0. The largest absolute Gasteiger partial charge is 0.147 e. The van der Waals surface area contributed by atoms with Crippen molar-refractivity contribution in [1.29, 1.82) is 0 Å². The quantitative estimate of drug-likeness (QED) is 0.702. The third-order valence-corrected chi connectivity index (χ3v) is 1.93. The summed E-state index contributed by atoms with van der Waals surface area (Å²) in [7, 11) is 0. The fourth-order valence-electron chi connectivity index (χ4n) is 1.10. The van der Waals surface area contributed by atoms with E-state index < -0.39 is 0 Å². The molecule has 0 aromatic rings. The molecule has 1 aliphatic rings. The van der Waals surface area contributed by atoms with E-state index in [0.29, 0.717) is 10.7 Å². The first kappa shape index (κ1) is 11.3. The van der Waals surface area contributed by atoms with Crippen LogP contribution in [-0.2, 0) is 15.6 Å². The Kier molecular flexibility index (Phi) is 5.19. The zero-order valence-corrected chi connectivity index (χ0v) is 8.41. The first-order valence-electron chi connectivity index (χ1n) is 3.60. The van der Waals surface area contributed by atoms with E-state index >= 15 is 0 Å². The van der Waals surface area contributed by atoms with Gasteiger partial charge in [-0.2, -0.15) is 0 Å². The predicted molar refractivity (Wildman–Crippen MR) is 47.2 cm³/mol. The second kappa shape index (κ2) is 5.04. The fraction of sp³-hybridized carbons (Fsp3) is 0.714. The minimum Gasteiger partial charge on any atom is -0.147 e. The molecule has 4 heteroatoms. The smallest absolute Gasteiger partial charge is 0.147 e. The van der Waals surface area contributed by atoms with E-state index in [1.165, 1.54) is 5.71 Å². The average molecular weight is 224 g/mol. The maximum atomic E-state index is 5.05. The van der Waals surface area contributed by atoms with Gasteiger partial charge in [0, 0.05) is 0 Å². The summed E-state index contributed by atoms with van der Waals surface area (Å²) in [6, 6.07) is 0.409. The summed E-state index contributed by atoms with van der Waals surface area (Å²) in [4.78, 5) is 4.19. The van der Waals surface area contributed by atoms with Gasteiger partial charge in [0.2, 0.25) is 0 Å². The van der Waals surface area contributed by atoms with Crippen molar-refractivity contribution in [3.05, 3.63) is 0 Å². The van der Waals surface area contributed by atoms with Gasteiger partial charge < -0.3 is 0 Å². The molecule has 0 saturated heterocycles. The molecule has 2 nitrogen and oxygen atoms in total. The van der Waals surface area contributed by atoms with Gasteiger partial charge in [0.15, 0.2) is 0 Å². The first-order chi connectivity index (χ1) is 4.77. The zero-order chi connectivity index (χ0) is 7.56. The van der Waals surface area contributed by atoms with Crippen LogP contribution >= 0.6 is 12.4 Å². The summed E-state index contributed by atoms with van der Waals surface area (Å²) in [6.45, 7) is 4.24. The summed E-state index contributed by atoms with van der Waals surface area (Å²) >= 11 is 5.05. The molecule has 1 unspecified atom stereocenters. The molecular formula is C7H13ClCuN2. The molecule has 0 bridgehead atoms. The van der Waals surface area contributed by atoms with E-state index in [1.54, 1.807) is 0 Å². The van der Waals surface area contributed by atoms with Crippen molar-refractivity contribution >= 4 is 22.8 Å². The summed E-state index contributed by atoms with van der Waals surface area (Å²) in [5.41, 5.74) is 1.20. The predicted octanol–water partition coefficient (Wildman–Crippen LogP) is 1.28. The van der Waals surface area contributed by atoms with Gasteiger partial charge in [-0.05, 0) is 0 Å². The molecule has 0 aromatic carbocycles. The van der Waals surface area contributed by atoms with Gasteiger partial charge in [0.1, 0.15) is 0 Å². The molecule has 1 heterocycles. The normalized spacial score (nSPS) is 23.1. The van der Waals surface area contributed by atoms with Crippen LogP contribution in [0, 0.1) is 0 Å². The van der Waals surface area contributed by atoms with Crippen LogP contribution in [0.3, 0.4) is 0 Å². The van der Waals surface area contributed by atoms with Gasteiger partial charge in [0.25, 0.3) is 0 Å². The molecule has 0 fully saturated rings. The van der Waals surface area contributed by atoms with Crippen molar-refractivity contribution in [3.63, 3.8) is 0 Å². The van der Waals surface area contributed by atoms with Crippen molar-refractivity contribution in [2.24, 2.45) is 4.99 Å². The van der Waals surface area contributed by atoms with Crippen LogP contribution in [-0.4, -0.2) is 16.4 Å². The standard InChI is InChI=1S/C7H12N2.ClH.Cu/c1-3-6-7(4-2)9-5-8-6;;/h6,8H,3-4H2,1-2H3;1H;. The maximum Gasteiger partial charge on any atom is -0.147 e. The fourth-order valence-corrected chi connectivity index (χ4v) is 1.40. The second-order valence-corrected chi connectivity index (χ2v) is 2.76. The SMILES string of the molecule is CCC1=N[C](=[Cu])NC1CC.Cl. The van der Waals surface area contributed by atoms with E-state index in [4.69, 9.17) is 15.6 Å². The van der Waals surface area contributed by atoms with Crippen molar-refractivity contribution in [2.45, 2.75) is 32.7 Å². The van der Waals surface area contributed by atoms with Crippen molar-refractivity contribution in [1.82, 2.24) is 5.32 Å². The molecule has 11 heavy (non-hydrogen) atoms. The number of aliphatic imine (C=N–C) groups is 1. The van der Waals surface area contributed by atoms with E-state index in [1.807, 2.05) is 0 Å². The molecule has 0 spiro atoms. The summed E-state index contributed by atoms with van der Waals surface area (Å²) in [6.07, 6.45) is 2.08. The second-order valence-electron chi connectivity index (χ2n) is 2.32. The molecule has 0 aromatic heterocycles. The van der Waals surface area contributed by atoms with Crippen LogP contribution < -0.4 is 5.32 Å². The molecule has 0 saturated carbocycles. The van der Waals surface area contributed by atoms with E-state index in [0.717, 1.165) is 12.8 Å². The number of hydrogen-bond acceptors (Lipinski definition) is 2. The van der Waals surface area contributed by atoms with Gasteiger partial charge in [0.05, 0.1) is 0 Å². The van der Waals surface area contributed by atoms with Crippen LogP contribution in [0.15, 0.2) is 4.99 Å². The van der Waals surface area contributed by atoms with E-state index in [2.05, 4.69) is 24.2 Å². The molecule has 0 amide bonds. The van der Waals surface area contributed by atoms with Crippen LogP contribution in [0.2, 0.25) is 0 Å². The Hall–Kier alpha value is 0.309. The van der Waals surface area contributed by atoms with Gasteiger partial charge in [-0.15, -0.1) is 12.4 Å². The third kappa shape index (κ3) is 2.68. The topological polar surface area (TPSA) is 24.4 Å². The van der Waals surface area contributed by atoms with Gasteiger partial charge in [-0.1, -0.05) is 0 Å². The minimum atomic E-state index is 0. The molecule has 0 aliphatic carbocycles. The number of halogens is 1. The summed E-state index contributed by atoms with van der Waals surface area (Å²) < 4.78 is 0.635. The van der Waals surface area contributed by atoms with Crippen LogP contribution in [0.1, 0.15) is 26.7 Å². The van der Waals surface area contributed by atoms with E-state index in [-0.39, 0.29) is 12.4 Å². The Morgan fingerprint density at radius 3 is 2.55 bits per heavy atom. The molecule has 1 N–H and O–H groups in total. The Bertz CT molecular complexity index is 179. The van der Waals surface area contributed by atoms with E-state index in [9.17, 15) is 0 Å². The zero-order valence-electron chi connectivity index (χ0n) is 6.65. The van der Waals surface area contributed by atoms with Crippen molar-refractivity contribution < 1.29 is 15.6 Å². The first-order valence-corrected chi connectivity index (χ1v) is 4.07. The van der Waals surface area contributed by atoms with Gasteiger partial charge in [-0.3, -0.25) is 0 Å². The summed E-state index contributed by atoms with van der Waals surface area (Å²) in [5.74, 6) is 0. The Labute approximate surface area is 81.6 Å². The van der Waals surface area contributed by atoms with Crippen LogP contribution in [0.4, 0.5) is 0 Å². The average Bonchev–Trinajstić information content (AvgIpc) is 2.30. The van der Waals surface area contributed by atoms with Gasteiger partial charge >= 0.3 is 69.0 Å². The molecule has 69 valence electrons. The molecule has 1 aliphatic heterocycles. The number of nitrogens with one attached hydrogen (secondary N) is 1.